The lowest BCUT2D eigenvalue weighted by molar-refractivity contribution is 0.102. The van der Waals surface area contributed by atoms with Crippen molar-refractivity contribution in [2.45, 2.75) is 13.2 Å². The molecule has 5 rings (SSSR count). The van der Waals surface area contributed by atoms with Gasteiger partial charge in [-0.1, -0.05) is 54.6 Å². The van der Waals surface area contributed by atoms with Crippen molar-refractivity contribution in [3.05, 3.63) is 102 Å². The molecule has 0 bridgehead atoms. The molecule has 4 aromatic rings. The molecule has 8 nitrogen and oxygen atoms in total. The van der Waals surface area contributed by atoms with Crippen molar-refractivity contribution in [1.82, 2.24) is 15.5 Å². The van der Waals surface area contributed by atoms with Crippen LogP contribution >= 0.6 is 0 Å². The van der Waals surface area contributed by atoms with Crippen molar-refractivity contribution in [2.75, 3.05) is 16.2 Å². The molecular weight excluding hydrogens is 416 g/mol. The highest BCUT2D eigenvalue weighted by Gasteiger charge is 2.14. The molecule has 4 N–H and O–H groups in total. The number of fused-ring (bicyclic) bond motifs is 1. The molecule has 8 heteroatoms. The first-order valence-electron chi connectivity index (χ1n) is 10.5. The van der Waals surface area contributed by atoms with Crippen molar-refractivity contribution in [3.8, 4) is 11.3 Å². The second-order valence-electron chi connectivity index (χ2n) is 7.53. The summed E-state index contributed by atoms with van der Waals surface area (Å²) < 4.78 is 5.76. The average Bonchev–Trinajstić information content (AvgIpc) is 3.34. The van der Waals surface area contributed by atoms with E-state index in [0.29, 0.717) is 36.1 Å². The number of anilines is 3. The third-order valence-electron chi connectivity index (χ3n) is 5.17. The highest BCUT2D eigenvalue weighted by Crippen LogP contribution is 2.24. The first-order chi connectivity index (χ1) is 16.2. The minimum Gasteiger partial charge on any atom is -0.372 e. The van der Waals surface area contributed by atoms with Gasteiger partial charge in [0.25, 0.3) is 5.91 Å². The second kappa shape index (κ2) is 9.47. The molecule has 1 aliphatic rings. The number of hydrazine groups is 2. The lowest BCUT2D eigenvalue weighted by atomic mass is 10.1. The number of rotatable bonds is 7. The number of aromatic nitrogens is 2. The molecule has 0 atom stereocenters. The van der Waals surface area contributed by atoms with Gasteiger partial charge in [0.1, 0.15) is 0 Å². The topological polar surface area (TPSA) is 100 Å². The summed E-state index contributed by atoms with van der Waals surface area (Å²) in [6.07, 6.45) is 1.68. The van der Waals surface area contributed by atoms with Gasteiger partial charge in [-0.2, -0.15) is 0 Å². The Morgan fingerprint density at radius 1 is 0.818 bits per heavy atom. The van der Waals surface area contributed by atoms with E-state index in [-0.39, 0.29) is 5.91 Å². The Morgan fingerprint density at radius 3 is 2.27 bits per heavy atom. The van der Waals surface area contributed by atoms with Crippen molar-refractivity contribution in [3.63, 3.8) is 0 Å². The van der Waals surface area contributed by atoms with Gasteiger partial charge in [0.05, 0.1) is 25.1 Å². The predicted octanol–water partition coefficient (Wildman–Crippen LogP) is 4.37. The lowest BCUT2D eigenvalue weighted by Crippen LogP contribution is -2.19. The largest absolute Gasteiger partial charge is 0.372 e. The van der Waals surface area contributed by atoms with Crippen LogP contribution in [0.1, 0.15) is 21.5 Å². The lowest BCUT2D eigenvalue weighted by Gasteiger charge is -2.08. The van der Waals surface area contributed by atoms with Gasteiger partial charge in [0.2, 0.25) is 0 Å². The van der Waals surface area contributed by atoms with E-state index >= 15 is 0 Å². The molecule has 0 spiro atoms. The Morgan fingerprint density at radius 2 is 1.52 bits per heavy atom. The van der Waals surface area contributed by atoms with E-state index in [1.165, 1.54) is 0 Å². The van der Waals surface area contributed by atoms with Crippen LogP contribution in [0.25, 0.3) is 11.3 Å². The zero-order chi connectivity index (χ0) is 22.5. The van der Waals surface area contributed by atoms with Gasteiger partial charge in [0.15, 0.2) is 11.6 Å². The number of carbonyl (C=O) groups is 1. The van der Waals surface area contributed by atoms with E-state index in [2.05, 4.69) is 31.7 Å². The van der Waals surface area contributed by atoms with Crippen molar-refractivity contribution < 1.29 is 9.53 Å². The Kier molecular flexibility index (Phi) is 5.92. The van der Waals surface area contributed by atoms with Crippen LogP contribution in [-0.2, 0) is 18.0 Å². The summed E-state index contributed by atoms with van der Waals surface area (Å²) in [5.74, 6) is 1.09. The minimum absolute atomic E-state index is 0.176. The molecule has 3 aromatic carbocycles. The summed E-state index contributed by atoms with van der Waals surface area (Å²) in [5, 5.41) is 2.93. The number of ether oxygens (including phenoxy) is 1. The summed E-state index contributed by atoms with van der Waals surface area (Å²) >= 11 is 0. The van der Waals surface area contributed by atoms with Crippen LogP contribution in [0.2, 0.25) is 0 Å². The number of carbonyl (C=O) groups excluding carboxylic acids is 1. The predicted molar refractivity (Wildman–Crippen MR) is 127 cm³/mol. The van der Waals surface area contributed by atoms with Gasteiger partial charge in [-0.25, -0.2) is 9.97 Å². The molecule has 0 saturated heterocycles. The first-order valence-corrected chi connectivity index (χ1v) is 10.5. The van der Waals surface area contributed by atoms with Crippen LogP contribution in [0.3, 0.4) is 0 Å². The Hall–Kier alpha value is -4.27. The molecule has 0 saturated carbocycles. The Balaban J connectivity index is 1.16. The number of nitrogens with one attached hydrogen (secondary N) is 4. The van der Waals surface area contributed by atoms with Gasteiger partial charge in [-0.3, -0.25) is 15.6 Å². The number of nitrogens with zero attached hydrogens (tertiary/aromatic N) is 2. The SMILES string of the molecule is O=C(Nc1ccc(COCc2ccccc2)cc1)c1ccc(-c2cnc3c(n2)NNN3)cc1. The standard InChI is InChI=1S/C25H22N6O2/c32-25(20-10-8-19(9-11-20)22-14-26-23-24(28-22)30-31-29-23)27-21-12-6-18(7-13-21)16-33-15-17-4-2-1-3-5-17/h1-14H,15-16H2,(H,27,32)(H3,26,28,29,30,31). The average molecular weight is 438 g/mol. The molecule has 0 aliphatic carbocycles. The van der Waals surface area contributed by atoms with E-state index in [9.17, 15) is 4.79 Å². The quantitative estimate of drug-likeness (QED) is 0.340. The molecule has 33 heavy (non-hydrogen) atoms. The Bertz CT molecular complexity index is 1240. The highest BCUT2D eigenvalue weighted by atomic mass is 16.5. The molecule has 1 amide bonds. The molecule has 0 unspecified atom stereocenters. The third kappa shape index (κ3) is 4.98. The fourth-order valence-electron chi connectivity index (χ4n) is 3.40. The van der Waals surface area contributed by atoms with Gasteiger partial charge >= 0.3 is 0 Å². The number of hydrogen-bond donors (Lipinski definition) is 4. The molecular formula is C25H22N6O2. The molecule has 1 aliphatic heterocycles. The molecule has 164 valence electrons. The minimum atomic E-state index is -0.176. The summed E-state index contributed by atoms with van der Waals surface area (Å²) in [6.45, 7) is 1.08. The van der Waals surface area contributed by atoms with E-state index in [1.807, 2.05) is 66.7 Å². The van der Waals surface area contributed by atoms with Gasteiger partial charge in [0, 0.05) is 16.8 Å². The maximum Gasteiger partial charge on any atom is 0.255 e. The van der Waals surface area contributed by atoms with Crippen LogP contribution in [-0.4, -0.2) is 15.9 Å². The summed E-state index contributed by atoms with van der Waals surface area (Å²) in [4.78, 5) is 21.4. The molecule has 2 heterocycles. The van der Waals surface area contributed by atoms with Gasteiger partial charge in [-0.15, -0.1) is 5.53 Å². The second-order valence-corrected chi connectivity index (χ2v) is 7.53. The zero-order valence-corrected chi connectivity index (χ0v) is 17.7. The van der Waals surface area contributed by atoms with Crippen LogP contribution < -0.4 is 21.7 Å². The van der Waals surface area contributed by atoms with Crippen molar-refractivity contribution in [1.29, 1.82) is 0 Å². The third-order valence-corrected chi connectivity index (χ3v) is 5.17. The van der Waals surface area contributed by atoms with E-state index < -0.39 is 0 Å². The normalized spacial score (nSPS) is 11.9. The number of benzene rings is 3. The first kappa shape index (κ1) is 20.6. The maximum absolute atomic E-state index is 12.6. The monoisotopic (exact) mass is 438 g/mol. The maximum atomic E-state index is 12.6. The molecule has 1 aromatic heterocycles. The van der Waals surface area contributed by atoms with Crippen LogP contribution in [0.5, 0.6) is 0 Å². The molecule has 0 fully saturated rings. The fraction of sp³-hybridized carbons (Fsp3) is 0.0800. The Labute approximate surface area is 191 Å². The molecule has 0 radical (unpaired) electrons. The van der Waals surface area contributed by atoms with Crippen molar-refractivity contribution in [2.24, 2.45) is 0 Å². The van der Waals surface area contributed by atoms with Crippen LogP contribution in [0.4, 0.5) is 17.3 Å². The summed E-state index contributed by atoms with van der Waals surface area (Å²) in [5.41, 5.74) is 13.5. The fourth-order valence-corrected chi connectivity index (χ4v) is 3.40. The van der Waals surface area contributed by atoms with E-state index in [4.69, 9.17) is 4.74 Å². The van der Waals surface area contributed by atoms with Crippen molar-refractivity contribution >= 4 is 23.2 Å². The van der Waals surface area contributed by atoms with Gasteiger partial charge < -0.3 is 10.1 Å². The summed E-state index contributed by atoms with van der Waals surface area (Å²) in [6, 6.07) is 25.0. The van der Waals surface area contributed by atoms with Gasteiger partial charge in [-0.05, 0) is 35.4 Å². The smallest absolute Gasteiger partial charge is 0.255 e. The number of amides is 1. The van der Waals surface area contributed by atoms with E-state index in [1.54, 1.807) is 18.3 Å². The van der Waals surface area contributed by atoms with Crippen LogP contribution in [0, 0.1) is 0 Å². The van der Waals surface area contributed by atoms with E-state index in [0.717, 1.165) is 22.4 Å². The summed E-state index contributed by atoms with van der Waals surface area (Å²) in [7, 11) is 0. The zero-order valence-electron chi connectivity index (χ0n) is 17.7. The van der Waals surface area contributed by atoms with Crippen LogP contribution in [0.15, 0.2) is 85.1 Å². The highest BCUT2D eigenvalue weighted by molar-refractivity contribution is 6.04. The number of hydrogen-bond acceptors (Lipinski definition) is 7.